The molecule has 2 aromatic rings. The number of hydrogen-bond donors (Lipinski definition) is 2. The van der Waals surface area contributed by atoms with E-state index in [-0.39, 0.29) is 6.42 Å². The molecule has 0 aliphatic heterocycles. The largest absolute Gasteiger partial charge is 0.481 e. The van der Waals surface area contributed by atoms with E-state index in [0.29, 0.717) is 12.3 Å². The van der Waals surface area contributed by atoms with Crippen molar-refractivity contribution in [1.29, 1.82) is 0 Å². The van der Waals surface area contributed by atoms with Crippen LogP contribution < -0.4 is 5.32 Å². The molecule has 164 valence electrons. The normalized spacial score (nSPS) is 12.0. The molecule has 0 aliphatic carbocycles. The van der Waals surface area contributed by atoms with Crippen LogP contribution in [0.15, 0.2) is 54.6 Å². The van der Waals surface area contributed by atoms with Gasteiger partial charge in [0.1, 0.15) is 0 Å². The molecule has 0 radical (unpaired) electrons. The number of carboxylic acid groups (broad SMARTS) is 1. The van der Waals surface area contributed by atoms with Crippen molar-refractivity contribution < 1.29 is 9.90 Å². The highest BCUT2D eigenvalue weighted by molar-refractivity contribution is 6.30. The first-order valence-electron chi connectivity index (χ1n) is 11.4. The molecule has 30 heavy (non-hydrogen) atoms. The molecule has 0 saturated heterocycles. The van der Waals surface area contributed by atoms with Gasteiger partial charge in [-0.1, -0.05) is 86.2 Å². The Morgan fingerprint density at radius 3 is 2.30 bits per heavy atom. The van der Waals surface area contributed by atoms with Crippen LogP contribution in [0, 0.1) is 0 Å². The molecular formula is C26H36ClNO2. The lowest BCUT2D eigenvalue weighted by Gasteiger charge is -2.18. The summed E-state index contributed by atoms with van der Waals surface area (Å²) >= 11 is 6.25. The monoisotopic (exact) mass is 429 g/mol. The molecule has 2 N–H and O–H groups in total. The Morgan fingerprint density at radius 2 is 1.57 bits per heavy atom. The van der Waals surface area contributed by atoms with Crippen LogP contribution in [0.3, 0.4) is 0 Å². The van der Waals surface area contributed by atoms with Gasteiger partial charge in [-0.05, 0) is 68.0 Å². The van der Waals surface area contributed by atoms with E-state index in [1.165, 1.54) is 56.1 Å². The fourth-order valence-corrected chi connectivity index (χ4v) is 4.08. The number of carbonyl (C=O) groups is 1. The van der Waals surface area contributed by atoms with Crippen LogP contribution in [-0.2, 0) is 11.2 Å². The smallest absolute Gasteiger partial charge is 0.303 e. The van der Waals surface area contributed by atoms with Gasteiger partial charge in [0.25, 0.3) is 0 Å². The molecule has 0 fully saturated rings. The van der Waals surface area contributed by atoms with Crippen LogP contribution >= 0.6 is 11.6 Å². The summed E-state index contributed by atoms with van der Waals surface area (Å²) in [6.07, 6.45) is 10.7. The van der Waals surface area contributed by atoms with Gasteiger partial charge in [0.05, 0.1) is 0 Å². The van der Waals surface area contributed by atoms with E-state index >= 15 is 0 Å². The van der Waals surface area contributed by atoms with Crippen LogP contribution in [0.1, 0.15) is 74.8 Å². The molecule has 3 nitrogen and oxygen atoms in total. The fourth-order valence-electron chi connectivity index (χ4n) is 3.88. The molecule has 0 saturated carbocycles. The van der Waals surface area contributed by atoms with Gasteiger partial charge in [0, 0.05) is 11.4 Å². The number of carboxylic acids is 1. The van der Waals surface area contributed by atoms with Crippen molar-refractivity contribution >= 4 is 17.6 Å². The zero-order valence-corrected chi connectivity index (χ0v) is 18.7. The molecule has 2 rings (SSSR count). The molecule has 1 atom stereocenters. The van der Waals surface area contributed by atoms with Crippen molar-refractivity contribution in [1.82, 2.24) is 5.32 Å². The maximum Gasteiger partial charge on any atom is 0.303 e. The highest BCUT2D eigenvalue weighted by atomic mass is 35.5. The van der Waals surface area contributed by atoms with Gasteiger partial charge < -0.3 is 10.4 Å². The molecule has 0 spiro atoms. The number of hydrogen-bond acceptors (Lipinski definition) is 2. The Bertz CT molecular complexity index is 720. The molecule has 1 unspecified atom stereocenters. The Morgan fingerprint density at radius 1 is 0.867 bits per heavy atom. The van der Waals surface area contributed by atoms with Crippen LogP contribution in [0.25, 0.3) is 0 Å². The lowest BCUT2D eigenvalue weighted by Crippen LogP contribution is -2.17. The minimum atomic E-state index is -0.710. The number of halogens is 1. The quantitative estimate of drug-likeness (QED) is 0.287. The van der Waals surface area contributed by atoms with Crippen molar-refractivity contribution in [2.24, 2.45) is 0 Å². The van der Waals surface area contributed by atoms with Gasteiger partial charge in [0.15, 0.2) is 0 Å². The summed E-state index contributed by atoms with van der Waals surface area (Å²) in [5, 5.41) is 12.8. The Kier molecular flexibility index (Phi) is 12.2. The predicted molar refractivity (Wildman–Crippen MR) is 126 cm³/mol. The summed E-state index contributed by atoms with van der Waals surface area (Å²) in [6, 6.07) is 19.1. The number of benzene rings is 2. The van der Waals surface area contributed by atoms with E-state index < -0.39 is 5.97 Å². The van der Waals surface area contributed by atoms with E-state index in [4.69, 9.17) is 16.7 Å². The number of nitrogens with one attached hydrogen (secondary N) is 1. The van der Waals surface area contributed by atoms with Crippen LogP contribution in [0.2, 0.25) is 5.02 Å². The molecular weight excluding hydrogens is 394 g/mol. The predicted octanol–water partition coefficient (Wildman–Crippen LogP) is 6.85. The zero-order valence-electron chi connectivity index (χ0n) is 18.0. The third-order valence-electron chi connectivity index (χ3n) is 5.55. The lowest BCUT2D eigenvalue weighted by atomic mass is 9.87. The fraction of sp³-hybridized carbons (Fsp3) is 0.500. The van der Waals surface area contributed by atoms with Gasteiger partial charge in [-0.15, -0.1) is 0 Å². The molecule has 0 bridgehead atoms. The second kappa shape index (κ2) is 15.0. The Labute approximate surface area is 186 Å². The summed E-state index contributed by atoms with van der Waals surface area (Å²) < 4.78 is 0. The SMILES string of the molecule is O=C(O)CCCNCCCCCCCCC(Cc1ccccc1)c1cccc(Cl)c1. The summed E-state index contributed by atoms with van der Waals surface area (Å²) in [6.45, 7) is 1.80. The van der Waals surface area contributed by atoms with E-state index in [1.54, 1.807) is 0 Å². The second-order valence-electron chi connectivity index (χ2n) is 8.10. The molecule has 0 aromatic heterocycles. The number of rotatable bonds is 16. The van der Waals surface area contributed by atoms with Gasteiger partial charge in [0.2, 0.25) is 0 Å². The van der Waals surface area contributed by atoms with E-state index in [0.717, 1.165) is 24.5 Å². The molecule has 0 aliphatic rings. The summed E-state index contributed by atoms with van der Waals surface area (Å²) in [4.78, 5) is 10.5. The zero-order chi connectivity index (χ0) is 21.4. The minimum absolute atomic E-state index is 0.257. The molecule has 0 amide bonds. The lowest BCUT2D eigenvalue weighted by molar-refractivity contribution is -0.137. The molecule has 4 heteroatoms. The standard InChI is InChI=1S/C26H36ClNO2/c27-25-16-10-15-24(21-25)23(20-22-12-6-5-7-13-22)14-8-3-1-2-4-9-18-28-19-11-17-26(29)30/h5-7,10,12-13,15-16,21,23,28H,1-4,8-9,11,14,17-20H2,(H,29,30). The summed E-state index contributed by atoms with van der Waals surface area (Å²) in [5.74, 6) is -0.195. The Hall–Kier alpha value is -1.84. The molecule has 0 heterocycles. The van der Waals surface area contributed by atoms with Crippen molar-refractivity contribution in [3.63, 3.8) is 0 Å². The van der Waals surface area contributed by atoms with Crippen LogP contribution in [0.5, 0.6) is 0 Å². The summed E-state index contributed by atoms with van der Waals surface area (Å²) in [5.41, 5.74) is 2.73. The van der Waals surface area contributed by atoms with Crippen LogP contribution in [-0.4, -0.2) is 24.2 Å². The first kappa shape index (κ1) is 24.4. The van der Waals surface area contributed by atoms with Crippen molar-refractivity contribution in [3.05, 3.63) is 70.7 Å². The summed E-state index contributed by atoms with van der Waals surface area (Å²) in [7, 11) is 0. The maximum atomic E-state index is 10.5. The highest BCUT2D eigenvalue weighted by Crippen LogP contribution is 2.28. The minimum Gasteiger partial charge on any atom is -0.481 e. The van der Waals surface area contributed by atoms with Crippen LogP contribution in [0.4, 0.5) is 0 Å². The first-order chi connectivity index (χ1) is 14.6. The van der Waals surface area contributed by atoms with Gasteiger partial charge in [-0.2, -0.15) is 0 Å². The van der Waals surface area contributed by atoms with E-state index in [2.05, 4.69) is 53.8 Å². The average molecular weight is 430 g/mol. The van der Waals surface area contributed by atoms with Gasteiger partial charge >= 0.3 is 5.97 Å². The number of unbranched alkanes of at least 4 members (excludes halogenated alkanes) is 5. The highest BCUT2D eigenvalue weighted by Gasteiger charge is 2.13. The second-order valence-corrected chi connectivity index (χ2v) is 8.54. The first-order valence-corrected chi connectivity index (χ1v) is 11.7. The van der Waals surface area contributed by atoms with Crippen molar-refractivity contribution in [2.75, 3.05) is 13.1 Å². The van der Waals surface area contributed by atoms with E-state index in [1.807, 2.05) is 6.07 Å². The van der Waals surface area contributed by atoms with Gasteiger partial charge in [-0.3, -0.25) is 4.79 Å². The average Bonchev–Trinajstić information content (AvgIpc) is 2.74. The van der Waals surface area contributed by atoms with Crippen molar-refractivity contribution in [2.45, 2.75) is 70.1 Å². The van der Waals surface area contributed by atoms with Gasteiger partial charge in [-0.25, -0.2) is 0 Å². The molecule has 2 aromatic carbocycles. The Balaban J connectivity index is 1.62. The maximum absolute atomic E-state index is 10.5. The number of aliphatic carboxylic acids is 1. The van der Waals surface area contributed by atoms with Crippen molar-refractivity contribution in [3.8, 4) is 0 Å². The third kappa shape index (κ3) is 10.8. The third-order valence-corrected chi connectivity index (χ3v) is 5.78. The van der Waals surface area contributed by atoms with E-state index in [9.17, 15) is 4.79 Å². The topological polar surface area (TPSA) is 49.3 Å².